The fraction of sp³-hybridized carbons (Fsp3) is 0.250. The van der Waals surface area contributed by atoms with Crippen molar-refractivity contribution in [3.63, 3.8) is 0 Å². The van der Waals surface area contributed by atoms with Crippen molar-refractivity contribution >= 4 is 41.0 Å². The fourth-order valence-corrected chi connectivity index (χ4v) is 7.09. The lowest BCUT2D eigenvalue weighted by Crippen LogP contribution is -2.57. The number of amides is 2. The summed E-state index contributed by atoms with van der Waals surface area (Å²) in [6.45, 7) is -0.410. The summed E-state index contributed by atoms with van der Waals surface area (Å²) in [4.78, 5) is 38.3. The van der Waals surface area contributed by atoms with Crippen LogP contribution in [0.15, 0.2) is 72.8 Å². The molecule has 182 valence electrons. The van der Waals surface area contributed by atoms with E-state index < -0.39 is 45.2 Å². The van der Waals surface area contributed by atoms with Crippen LogP contribution in [0.4, 0.5) is 4.39 Å². The van der Waals surface area contributed by atoms with Crippen LogP contribution in [-0.4, -0.2) is 29.2 Å². The summed E-state index contributed by atoms with van der Waals surface area (Å²) in [5.41, 5.74) is 3.11. The standard InChI is InChI=1S/C28H20Cl2FNO4/c29-27-17-8-2-3-9-18(17)28(30,20-11-5-4-10-19(20)27)24-23(27)25(34)32(26(24)35)14-13-22(33)36-15-16-7-1-6-12-21(16)31/h1-12,23-24H,13-15H2/t23-,24+,27?,28?. The molecule has 3 aromatic rings. The molecule has 3 aromatic carbocycles. The van der Waals surface area contributed by atoms with E-state index in [1.165, 1.54) is 12.1 Å². The third kappa shape index (κ3) is 2.98. The zero-order valence-corrected chi connectivity index (χ0v) is 20.4. The first-order valence-electron chi connectivity index (χ1n) is 11.6. The SMILES string of the molecule is O=C(CCN1C(=O)[C@@H]2[C@H](C1=O)C1(Cl)c3ccccc3C2(Cl)c2ccccc21)OCc1ccccc1F. The number of hydrogen-bond donors (Lipinski definition) is 0. The highest BCUT2D eigenvalue weighted by Crippen LogP contribution is 2.69. The van der Waals surface area contributed by atoms with E-state index in [-0.39, 0.29) is 25.1 Å². The van der Waals surface area contributed by atoms with Gasteiger partial charge in [-0.2, -0.15) is 0 Å². The second-order valence-corrected chi connectivity index (χ2v) is 10.5. The van der Waals surface area contributed by atoms with Gasteiger partial charge in [-0.3, -0.25) is 19.3 Å². The molecule has 0 aromatic heterocycles. The average molecular weight is 524 g/mol. The van der Waals surface area contributed by atoms with E-state index in [0.29, 0.717) is 22.3 Å². The molecular formula is C28H20Cl2FNO4. The van der Waals surface area contributed by atoms with E-state index in [9.17, 15) is 18.8 Å². The molecule has 2 bridgehead atoms. The summed E-state index contributed by atoms with van der Waals surface area (Å²) in [7, 11) is 0. The number of halogens is 3. The molecule has 8 heteroatoms. The lowest BCUT2D eigenvalue weighted by molar-refractivity contribution is -0.146. The van der Waals surface area contributed by atoms with Gasteiger partial charge in [-0.15, -0.1) is 23.2 Å². The Morgan fingerprint density at radius 1 is 0.806 bits per heavy atom. The molecule has 0 saturated carbocycles. The van der Waals surface area contributed by atoms with Crippen molar-refractivity contribution in [2.75, 3.05) is 6.54 Å². The molecule has 1 saturated heterocycles. The Kier molecular flexibility index (Phi) is 5.25. The van der Waals surface area contributed by atoms with E-state index in [1.807, 2.05) is 48.5 Å². The zero-order valence-electron chi connectivity index (χ0n) is 18.9. The highest BCUT2D eigenvalue weighted by molar-refractivity contribution is 6.36. The molecule has 2 atom stereocenters. The van der Waals surface area contributed by atoms with Crippen LogP contribution in [0.1, 0.15) is 34.2 Å². The zero-order chi connectivity index (χ0) is 25.2. The Morgan fingerprint density at radius 2 is 1.25 bits per heavy atom. The summed E-state index contributed by atoms with van der Waals surface area (Å²) < 4.78 is 19.0. The largest absolute Gasteiger partial charge is 0.461 e. The van der Waals surface area contributed by atoms with Gasteiger partial charge in [0, 0.05) is 12.1 Å². The number of nitrogens with zero attached hydrogens (tertiary/aromatic N) is 1. The van der Waals surface area contributed by atoms with E-state index in [0.717, 1.165) is 4.90 Å². The van der Waals surface area contributed by atoms with Crippen molar-refractivity contribution in [1.82, 2.24) is 4.90 Å². The molecule has 7 rings (SSSR count). The van der Waals surface area contributed by atoms with Gasteiger partial charge in [-0.05, 0) is 28.3 Å². The van der Waals surface area contributed by atoms with Gasteiger partial charge in [-0.25, -0.2) is 4.39 Å². The second-order valence-electron chi connectivity index (χ2n) is 9.30. The minimum atomic E-state index is -1.26. The third-order valence-electron chi connectivity index (χ3n) is 7.56. The first-order chi connectivity index (χ1) is 17.3. The van der Waals surface area contributed by atoms with Gasteiger partial charge in [-0.1, -0.05) is 66.7 Å². The molecular weight excluding hydrogens is 504 g/mol. The molecule has 0 N–H and O–H groups in total. The van der Waals surface area contributed by atoms with Gasteiger partial charge in [0.25, 0.3) is 0 Å². The van der Waals surface area contributed by atoms with E-state index in [1.54, 1.807) is 12.1 Å². The van der Waals surface area contributed by atoms with Crippen LogP contribution in [0.2, 0.25) is 0 Å². The summed E-state index contributed by atoms with van der Waals surface area (Å²) in [5, 5.41) is 0. The molecule has 1 heterocycles. The molecule has 36 heavy (non-hydrogen) atoms. The number of hydrogen-bond acceptors (Lipinski definition) is 4. The second kappa shape index (κ2) is 8.15. The molecule has 2 amide bonds. The number of carbonyl (C=O) groups excluding carboxylic acids is 3. The van der Waals surface area contributed by atoms with Crippen LogP contribution in [0.25, 0.3) is 0 Å². The van der Waals surface area contributed by atoms with Crippen molar-refractivity contribution in [1.29, 1.82) is 0 Å². The third-order valence-corrected chi connectivity index (χ3v) is 8.85. The highest BCUT2D eigenvalue weighted by Gasteiger charge is 2.72. The number of esters is 1. The summed E-state index contributed by atoms with van der Waals surface area (Å²) in [6, 6.07) is 20.8. The molecule has 5 nitrogen and oxygen atoms in total. The number of benzene rings is 3. The lowest BCUT2D eigenvalue weighted by Gasteiger charge is -2.54. The van der Waals surface area contributed by atoms with Crippen molar-refractivity contribution in [2.45, 2.75) is 22.8 Å². The van der Waals surface area contributed by atoms with Crippen molar-refractivity contribution in [3.8, 4) is 0 Å². The van der Waals surface area contributed by atoms with Gasteiger partial charge in [0.05, 0.1) is 18.3 Å². The molecule has 0 radical (unpaired) electrons. The first kappa shape index (κ1) is 23.2. The normalized spacial score (nSPS) is 27.5. The first-order valence-corrected chi connectivity index (χ1v) is 12.4. The smallest absolute Gasteiger partial charge is 0.307 e. The Labute approximate surface area is 216 Å². The number of alkyl halides is 2. The fourth-order valence-electron chi connectivity index (χ4n) is 5.99. The van der Waals surface area contributed by atoms with Crippen LogP contribution < -0.4 is 0 Å². The van der Waals surface area contributed by atoms with Crippen molar-refractivity contribution in [2.24, 2.45) is 11.8 Å². The number of ether oxygens (including phenoxy) is 1. The number of carbonyl (C=O) groups is 3. The average Bonchev–Trinajstić information content (AvgIpc) is 3.16. The maximum atomic E-state index is 13.8. The Bertz CT molecular complexity index is 1320. The summed E-state index contributed by atoms with van der Waals surface area (Å²) >= 11 is 14.7. The quantitative estimate of drug-likeness (QED) is 0.272. The predicted molar refractivity (Wildman–Crippen MR) is 131 cm³/mol. The van der Waals surface area contributed by atoms with Crippen LogP contribution in [0, 0.1) is 17.7 Å². The minimum absolute atomic E-state index is 0.173. The molecule has 3 aliphatic carbocycles. The molecule has 0 unspecified atom stereocenters. The monoisotopic (exact) mass is 523 g/mol. The summed E-state index contributed by atoms with van der Waals surface area (Å²) in [5.74, 6) is -3.88. The van der Waals surface area contributed by atoms with Crippen LogP contribution in [0.5, 0.6) is 0 Å². The van der Waals surface area contributed by atoms with Gasteiger partial charge in [0.15, 0.2) is 0 Å². The Balaban J connectivity index is 1.29. The predicted octanol–water partition coefficient (Wildman–Crippen LogP) is 4.85. The maximum absolute atomic E-state index is 13.8. The molecule has 0 spiro atoms. The van der Waals surface area contributed by atoms with Gasteiger partial charge < -0.3 is 4.74 Å². The van der Waals surface area contributed by atoms with Crippen LogP contribution in [0.3, 0.4) is 0 Å². The topological polar surface area (TPSA) is 63.7 Å². The highest BCUT2D eigenvalue weighted by atomic mass is 35.5. The lowest BCUT2D eigenvalue weighted by atomic mass is 9.54. The van der Waals surface area contributed by atoms with Crippen LogP contribution >= 0.6 is 23.2 Å². The maximum Gasteiger partial charge on any atom is 0.307 e. The van der Waals surface area contributed by atoms with Crippen molar-refractivity contribution < 1.29 is 23.5 Å². The van der Waals surface area contributed by atoms with E-state index in [2.05, 4.69) is 0 Å². The minimum Gasteiger partial charge on any atom is -0.461 e. The Morgan fingerprint density at radius 3 is 1.72 bits per heavy atom. The van der Waals surface area contributed by atoms with E-state index in [4.69, 9.17) is 27.9 Å². The number of likely N-dealkylation sites (tertiary alicyclic amines) is 1. The molecule has 4 aliphatic rings. The molecule has 1 aliphatic heterocycles. The van der Waals surface area contributed by atoms with Crippen LogP contribution in [-0.2, 0) is 35.5 Å². The van der Waals surface area contributed by atoms with E-state index >= 15 is 0 Å². The summed E-state index contributed by atoms with van der Waals surface area (Å²) in [6.07, 6.45) is -0.226. The van der Waals surface area contributed by atoms with Gasteiger partial charge >= 0.3 is 5.97 Å². The van der Waals surface area contributed by atoms with Gasteiger partial charge in [0.1, 0.15) is 22.2 Å². The van der Waals surface area contributed by atoms with Gasteiger partial charge in [0.2, 0.25) is 11.8 Å². The number of imide groups is 1. The Hall–Kier alpha value is -3.22. The molecule has 1 fully saturated rings. The number of rotatable bonds is 5. The van der Waals surface area contributed by atoms with Crippen molar-refractivity contribution in [3.05, 3.63) is 106 Å².